The molecule has 0 bridgehead atoms. The number of ketones is 1. The molecule has 1 aromatic heterocycles. The van der Waals surface area contributed by atoms with E-state index in [2.05, 4.69) is 23.4 Å². The SMILES string of the molecule is C=C1C(C(N)=O)=C(O)C(N2CCC(OC)CC2)[C@@H]2CC3Cc4c(-c5nc(C(C)C)co5)ccc(O)c4C(O)=C3C(=O)[C@]12C1CC1.CC1CC1. The molecule has 5 N–H and O–H groups in total. The number of fused-ring (bicyclic) bond motifs is 3. The summed E-state index contributed by atoms with van der Waals surface area (Å²) in [6.07, 6.45) is 8.55. The maximum atomic E-state index is 15.1. The van der Waals surface area contributed by atoms with Crippen molar-refractivity contribution in [3.8, 4) is 17.2 Å². The highest BCUT2D eigenvalue weighted by atomic mass is 16.5. The molecule has 10 heteroatoms. The van der Waals surface area contributed by atoms with Crippen molar-refractivity contribution in [2.75, 3.05) is 20.2 Å². The van der Waals surface area contributed by atoms with E-state index in [4.69, 9.17) is 14.9 Å². The summed E-state index contributed by atoms with van der Waals surface area (Å²) in [5.74, 6) is -0.908. The molecule has 6 aliphatic rings. The van der Waals surface area contributed by atoms with Crippen LogP contribution in [-0.2, 0) is 20.7 Å². The number of phenols is 1. The van der Waals surface area contributed by atoms with Crippen molar-refractivity contribution in [2.45, 2.75) is 90.2 Å². The van der Waals surface area contributed by atoms with Crippen LogP contribution in [0.4, 0.5) is 0 Å². The molecule has 2 aromatic rings. The first-order valence-electron chi connectivity index (χ1n) is 17.9. The zero-order chi connectivity index (χ0) is 34.9. The fourth-order valence-corrected chi connectivity index (χ4v) is 9.01. The van der Waals surface area contributed by atoms with Crippen molar-refractivity contribution >= 4 is 17.4 Å². The third-order valence-corrected chi connectivity index (χ3v) is 12.0. The molecule has 2 unspecified atom stereocenters. The van der Waals surface area contributed by atoms with E-state index in [9.17, 15) is 20.1 Å². The standard InChI is InChI=1S/C35H41N3O7.C4H8/c1-16(2)24-15-45-34(37-24)21-7-8-25(39)28-22(21)13-18-14-23-29(38-11-9-20(44-4)10-12-38)31(41)26(33(36)43)17(3)35(23,19-5-6-19)32(42)27(18)30(28)40;1-4-2-3-4/h7-8,15-16,18-20,23,29,39-41H,3,5-6,9-14H2,1-2,4H3,(H2,36,43);4H,2-3H2,1H3/t18?,23-,29?,35-;/m0./s1. The molecule has 8 rings (SSSR count). The van der Waals surface area contributed by atoms with E-state index < -0.39 is 29.2 Å². The monoisotopic (exact) mass is 671 g/mol. The maximum Gasteiger partial charge on any atom is 0.252 e. The number of methoxy groups -OCH3 is 1. The maximum absolute atomic E-state index is 15.1. The number of oxazole rings is 1. The number of hydrogen-bond donors (Lipinski definition) is 4. The summed E-state index contributed by atoms with van der Waals surface area (Å²) < 4.78 is 11.5. The van der Waals surface area contributed by atoms with Crippen LogP contribution in [0.2, 0.25) is 0 Å². The summed E-state index contributed by atoms with van der Waals surface area (Å²) in [6, 6.07) is 2.61. The van der Waals surface area contributed by atoms with Crippen LogP contribution in [0, 0.1) is 29.1 Å². The predicted molar refractivity (Wildman–Crippen MR) is 184 cm³/mol. The Morgan fingerprint density at radius 2 is 1.80 bits per heavy atom. The molecule has 4 atom stereocenters. The second kappa shape index (κ2) is 12.5. The van der Waals surface area contributed by atoms with Crippen molar-refractivity contribution in [1.29, 1.82) is 0 Å². The molecule has 10 nitrogen and oxygen atoms in total. The van der Waals surface area contributed by atoms with Crippen molar-refractivity contribution in [3.63, 3.8) is 0 Å². The Hall–Kier alpha value is -3.89. The summed E-state index contributed by atoms with van der Waals surface area (Å²) in [6.45, 7) is 11.9. The number of hydrogen-bond acceptors (Lipinski definition) is 9. The number of aliphatic hydroxyl groups excluding tert-OH is 2. The van der Waals surface area contributed by atoms with Crippen LogP contribution in [-0.4, -0.2) is 69.2 Å². The fraction of sp³-hybridized carbons (Fsp3) is 0.564. The lowest BCUT2D eigenvalue weighted by molar-refractivity contribution is -0.134. The molecule has 5 aliphatic carbocycles. The van der Waals surface area contributed by atoms with E-state index in [1.165, 1.54) is 18.9 Å². The molecule has 4 fully saturated rings. The lowest BCUT2D eigenvalue weighted by Crippen LogP contribution is -2.62. The first-order chi connectivity index (χ1) is 23.4. The molecule has 3 saturated carbocycles. The van der Waals surface area contributed by atoms with Crippen molar-refractivity contribution in [3.05, 3.63) is 64.3 Å². The topological polar surface area (TPSA) is 159 Å². The Morgan fingerprint density at radius 1 is 1.12 bits per heavy atom. The van der Waals surface area contributed by atoms with Gasteiger partial charge in [-0.05, 0) is 91.4 Å². The number of benzene rings is 1. The number of primary amides is 1. The Balaban J connectivity index is 0.000000883. The van der Waals surface area contributed by atoms with Gasteiger partial charge in [0.05, 0.1) is 34.4 Å². The molecule has 2 heterocycles. The third-order valence-electron chi connectivity index (χ3n) is 12.0. The van der Waals surface area contributed by atoms with E-state index >= 15 is 4.79 Å². The molecule has 0 spiro atoms. The van der Waals surface area contributed by atoms with E-state index in [-0.39, 0.29) is 63.3 Å². The lowest BCUT2D eigenvalue weighted by atomic mass is 9.48. The number of aromatic hydroxyl groups is 1. The second-order valence-electron chi connectivity index (χ2n) is 15.4. The number of amides is 1. The van der Waals surface area contributed by atoms with E-state index in [0.29, 0.717) is 42.9 Å². The molecule has 1 saturated heterocycles. The Morgan fingerprint density at radius 3 is 2.35 bits per heavy atom. The number of aromatic nitrogens is 1. The number of ether oxygens (including phenoxy) is 1. The van der Waals surface area contributed by atoms with Gasteiger partial charge in [0.25, 0.3) is 5.91 Å². The van der Waals surface area contributed by atoms with Gasteiger partial charge in [-0.3, -0.25) is 14.5 Å². The first kappa shape index (κ1) is 33.6. The van der Waals surface area contributed by atoms with Crippen LogP contribution >= 0.6 is 0 Å². The number of piperidine rings is 1. The van der Waals surface area contributed by atoms with Gasteiger partial charge in [-0.2, -0.15) is 0 Å². The predicted octanol–water partition coefficient (Wildman–Crippen LogP) is 6.36. The van der Waals surface area contributed by atoms with Gasteiger partial charge in [-0.1, -0.05) is 40.2 Å². The highest BCUT2D eigenvalue weighted by Crippen LogP contribution is 2.66. The average Bonchev–Trinajstić information content (AvgIpc) is 4.00. The smallest absolute Gasteiger partial charge is 0.252 e. The third kappa shape index (κ3) is 5.42. The summed E-state index contributed by atoms with van der Waals surface area (Å²) in [7, 11) is 1.70. The number of phenolic OH excluding ortho intramolecular Hbond substituents is 1. The number of likely N-dealkylation sites (tertiary alicyclic amines) is 1. The van der Waals surface area contributed by atoms with Gasteiger partial charge >= 0.3 is 0 Å². The van der Waals surface area contributed by atoms with Crippen LogP contribution in [0.25, 0.3) is 17.2 Å². The molecule has 1 amide bonds. The number of carbonyl (C=O) groups excluding carboxylic acids is 2. The fourth-order valence-electron chi connectivity index (χ4n) is 9.01. The molecular weight excluding hydrogens is 622 g/mol. The van der Waals surface area contributed by atoms with Crippen LogP contribution in [0.5, 0.6) is 5.75 Å². The summed E-state index contributed by atoms with van der Waals surface area (Å²) in [5.41, 5.74) is 7.40. The number of carbonyl (C=O) groups is 2. The van der Waals surface area contributed by atoms with Gasteiger partial charge in [0.2, 0.25) is 5.89 Å². The lowest BCUT2D eigenvalue weighted by Gasteiger charge is -2.56. The van der Waals surface area contributed by atoms with Crippen molar-refractivity contribution < 1.29 is 34.1 Å². The van der Waals surface area contributed by atoms with Gasteiger partial charge in [-0.25, -0.2) is 4.98 Å². The minimum absolute atomic E-state index is 0.0740. The largest absolute Gasteiger partial charge is 0.510 e. The highest BCUT2D eigenvalue weighted by molar-refractivity contribution is 6.12. The zero-order valence-corrected chi connectivity index (χ0v) is 29.0. The van der Waals surface area contributed by atoms with Gasteiger partial charge in [0.1, 0.15) is 23.5 Å². The second-order valence-corrected chi connectivity index (χ2v) is 15.4. The number of allylic oxidation sites excluding steroid dienone is 1. The number of nitrogens with two attached hydrogens (primary N) is 1. The summed E-state index contributed by atoms with van der Waals surface area (Å²) in [5, 5.41) is 34.7. The highest BCUT2D eigenvalue weighted by Gasteiger charge is 2.67. The number of Topliss-reactive ketones (excluding diaryl/α,β-unsaturated/α-hetero) is 1. The van der Waals surface area contributed by atoms with Gasteiger partial charge in [0.15, 0.2) is 5.78 Å². The zero-order valence-electron chi connectivity index (χ0n) is 29.0. The van der Waals surface area contributed by atoms with Gasteiger partial charge in [-0.15, -0.1) is 0 Å². The van der Waals surface area contributed by atoms with E-state index in [0.717, 1.165) is 37.3 Å². The minimum atomic E-state index is -1.21. The van der Waals surface area contributed by atoms with Crippen LogP contribution in [0.15, 0.2) is 51.9 Å². The average molecular weight is 672 g/mol. The van der Waals surface area contributed by atoms with Crippen LogP contribution < -0.4 is 5.73 Å². The number of rotatable bonds is 6. The normalized spacial score (nSPS) is 29.0. The van der Waals surface area contributed by atoms with Gasteiger partial charge < -0.3 is 30.2 Å². The van der Waals surface area contributed by atoms with Crippen molar-refractivity contribution in [1.82, 2.24) is 9.88 Å². The molecular formula is C39H49N3O7. The molecule has 1 aromatic carbocycles. The number of aliphatic hydroxyl groups is 2. The molecule has 0 radical (unpaired) electrons. The Labute approximate surface area is 287 Å². The Bertz CT molecular complexity index is 1750. The van der Waals surface area contributed by atoms with E-state index in [1.807, 2.05) is 13.8 Å². The summed E-state index contributed by atoms with van der Waals surface area (Å²) in [4.78, 5) is 34.9. The summed E-state index contributed by atoms with van der Waals surface area (Å²) >= 11 is 0. The Kier molecular flexibility index (Phi) is 8.54. The first-order valence-corrected chi connectivity index (χ1v) is 17.9. The van der Waals surface area contributed by atoms with Crippen molar-refractivity contribution in [2.24, 2.45) is 34.8 Å². The van der Waals surface area contributed by atoms with Crippen LogP contribution in [0.3, 0.4) is 0 Å². The molecule has 1 aliphatic heterocycles. The number of nitrogens with zero attached hydrogens (tertiary/aromatic N) is 2. The molecule has 262 valence electrons. The molecule has 49 heavy (non-hydrogen) atoms. The minimum Gasteiger partial charge on any atom is -0.510 e. The van der Waals surface area contributed by atoms with Crippen LogP contribution in [0.1, 0.15) is 88.5 Å². The quantitative estimate of drug-likeness (QED) is 0.274. The van der Waals surface area contributed by atoms with Gasteiger partial charge in [0, 0.05) is 31.3 Å². The van der Waals surface area contributed by atoms with E-state index in [1.54, 1.807) is 19.4 Å².